The number of amides is 4. The maximum absolute atomic E-state index is 13.7. The van der Waals surface area contributed by atoms with E-state index in [9.17, 15) is 37.1 Å². The number of rotatable bonds is 11. The summed E-state index contributed by atoms with van der Waals surface area (Å²) in [7, 11) is 0. The number of carbonyl (C=O) groups is 5. The highest BCUT2D eigenvalue weighted by Crippen LogP contribution is 2.42. The van der Waals surface area contributed by atoms with Gasteiger partial charge in [0.15, 0.2) is 6.61 Å². The number of alkyl halides is 3. The van der Waals surface area contributed by atoms with Crippen molar-refractivity contribution < 1.29 is 46.6 Å². The number of hydrogen-bond acceptors (Lipinski definition) is 7. The molecule has 0 aromatic heterocycles. The van der Waals surface area contributed by atoms with Crippen molar-refractivity contribution in [3.8, 4) is 11.5 Å². The van der Waals surface area contributed by atoms with Crippen LogP contribution < -0.4 is 25.4 Å². The molecule has 0 radical (unpaired) electrons. The molecule has 2 heterocycles. The van der Waals surface area contributed by atoms with Crippen molar-refractivity contribution in [1.82, 2.24) is 20.9 Å². The zero-order chi connectivity index (χ0) is 30.0. The Morgan fingerprint density at radius 3 is 2.38 bits per heavy atom. The Labute approximate surface area is 239 Å². The van der Waals surface area contributed by atoms with Gasteiger partial charge < -0.3 is 30.3 Å². The molecule has 2 aliphatic carbocycles. The molecule has 14 heteroatoms. The first-order chi connectivity index (χ1) is 20.0. The molecule has 1 aromatic rings. The molecule has 4 fully saturated rings. The fourth-order valence-electron chi connectivity index (χ4n) is 6.15. The summed E-state index contributed by atoms with van der Waals surface area (Å²) >= 11 is 0. The smallest absolute Gasteiger partial charge is 0.484 e. The molecule has 42 heavy (non-hydrogen) atoms. The average molecular weight is 595 g/mol. The number of hydrogen-bond donors (Lipinski definition) is 3. The average Bonchev–Trinajstić information content (AvgIpc) is 3.29. The van der Waals surface area contributed by atoms with Crippen LogP contribution in [-0.4, -0.2) is 78.5 Å². The van der Waals surface area contributed by atoms with Crippen LogP contribution in [0.25, 0.3) is 0 Å². The zero-order valence-electron chi connectivity index (χ0n) is 22.8. The first-order valence-electron chi connectivity index (χ1n) is 14.2. The van der Waals surface area contributed by atoms with Gasteiger partial charge in [-0.3, -0.25) is 24.0 Å². The van der Waals surface area contributed by atoms with Crippen molar-refractivity contribution in [3.63, 3.8) is 0 Å². The number of carbonyl (C=O) groups excluding carboxylic acids is 5. The van der Waals surface area contributed by atoms with Gasteiger partial charge in [0.2, 0.25) is 17.6 Å². The van der Waals surface area contributed by atoms with Crippen molar-refractivity contribution in [2.45, 2.75) is 69.4 Å². The van der Waals surface area contributed by atoms with Gasteiger partial charge in [0.05, 0.1) is 6.04 Å². The topological polar surface area (TPSA) is 143 Å². The van der Waals surface area contributed by atoms with Crippen molar-refractivity contribution in [2.75, 3.05) is 19.7 Å². The highest BCUT2D eigenvalue weighted by molar-refractivity contribution is 6.38. The van der Waals surface area contributed by atoms with Crippen molar-refractivity contribution >= 4 is 29.4 Å². The molecule has 3 N–H and O–H groups in total. The standard InChI is InChI=1S/C28H33F3N4O7/c29-28(30,31)42-19-8-6-18(7-9-19)41-14-22(36)35-13-16-2-1-3-20(16)23(35)26(39)34-21(12-15-10-11-32-25(15)38)24(37)27(40)33-17-4-5-17/h6-9,15-17,20-21,23H,1-5,10-14H2,(H,32,38)(H,33,40)(H,34,39)/t15-,16-,20-,21-,23-/m0/s1. The number of likely N-dealkylation sites (tertiary alicyclic amines) is 1. The van der Waals surface area contributed by atoms with Crippen LogP contribution in [0.1, 0.15) is 44.9 Å². The molecule has 2 saturated carbocycles. The highest BCUT2D eigenvalue weighted by atomic mass is 19.4. The minimum atomic E-state index is -4.84. The Balaban J connectivity index is 1.26. The molecule has 4 amide bonds. The molecule has 1 aromatic carbocycles. The molecular weight excluding hydrogens is 561 g/mol. The van der Waals surface area contributed by atoms with Crippen molar-refractivity contribution in [1.29, 1.82) is 0 Å². The van der Waals surface area contributed by atoms with Crippen LogP contribution in [0.4, 0.5) is 13.2 Å². The largest absolute Gasteiger partial charge is 0.573 e. The Kier molecular flexibility index (Phi) is 8.60. The van der Waals surface area contributed by atoms with Gasteiger partial charge in [-0.1, -0.05) is 6.42 Å². The molecule has 0 spiro atoms. The van der Waals surface area contributed by atoms with Gasteiger partial charge in [0.1, 0.15) is 17.5 Å². The predicted octanol–water partition coefficient (Wildman–Crippen LogP) is 1.45. The van der Waals surface area contributed by atoms with E-state index in [0.29, 0.717) is 25.9 Å². The fourth-order valence-corrected chi connectivity index (χ4v) is 6.15. The lowest BCUT2D eigenvalue weighted by atomic mass is 9.91. The van der Waals surface area contributed by atoms with Gasteiger partial charge in [0.25, 0.3) is 11.8 Å². The molecule has 5 rings (SSSR count). The summed E-state index contributed by atoms with van der Waals surface area (Å²) in [5.41, 5.74) is 0. The lowest BCUT2D eigenvalue weighted by Gasteiger charge is -2.29. The third-order valence-electron chi connectivity index (χ3n) is 8.35. The van der Waals surface area contributed by atoms with Crippen LogP contribution in [0.3, 0.4) is 0 Å². The summed E-state index contributed by atoms with van der Waals surface area (Å²) in [5, 5.41) is 8.05. The van der Waals surface area contributed by atoms with E-state index in [1.165, 1.54) is 17.0 Å². The van der Waals surface area contributed by atoms with Crippen LogP contribution in [0.2, 0.25) is 0 Å². The number of halogens is 3. The van der Waals surface area contributed by atoms with Gasteiger partial charge >= 0.3 is 6.36 Å². The number of Topliss-reactive ketones (excluding diaryl/α,β-unsaturated/α-hetero) is 1. The molecule has 228 valence electrons. The van der Waals surface area contributed by atoms with E-state index in [-0.39, 0.29) is 36.0 Å². The second-order valence-electron chi connectivity index (χ2n) is 11.3. The number of ether oxygens (including phenoxy) is 2. The number of fused-ring (bicyclic) bond motifs is 1. The number of nitrogens with zero attached hydrogens (tertiary/aromatic N) is 1. The van der Waals surface area contributed by atoms with Gasteiger partial charge in [0, 0.05) is 25.0 Å². The van der Waals surface area contributed by atoms with Gasteiger partial charge in [-0.25, -0.2) is 0 Å². The maximum atomic E-state index is 13.7. The van der Waals surface area contributed by atoms with Gasteiger partial charge in [-0.2, -0.15) is 0 Å². The number of ketones is 1. The molecule has 2 saturated heterocycles. The van der Waals surface area contributed by atoms with Gasteiger partial charge in [-0.05, 0) is 74.6 Å². The Morgan fingerprint density at radius 1 is 1.02 bits per heavy atom. The minimum Gasteiger partial charge on any atom is -0.484 e. The van der Waals surface area contributed by atoms with Crippen LogP contribution in [-0.2, 0) is 24.0 Å². The van der Waals surface area contributed by atoms with E-state index in [4.69, 9.17) is 4.74 Å². The van der Waals surface area contributed by atoms with Crippen molar-refractivity contribution in [2.24, 2.45) is 17.8 Å². The molecule has 11 nitrogen and oxygen atoms in total. The Bertz CT molecular complexity index is 1220. The summed E-state index contributed by atoms with van der Waals surface area (Å²) in [5.74, 6) is -3.82. The SMILES string of the molecule is O=C(NC1CC1)C(=O)[C@H](C[C@@H]1CCNC1=O)NC(=O)[C@@H]1[C@H]2CCC[C@H]2CN1C(=O)COc1ccc(OC(F)(F)F)cc1. The summed E-state index contributed by atoms with van der Waals surface area (Å²) in [6.45, 7) is 0.297. The summed E-state index contributed by atoms with van der Waals surface area (Å²) in [4.78, 5) is 66.4. The number of benzene rings is 1. The summed E-state index contributed by atoms with van der Waals surface area (Å²) in [6, 6.07) is 2.41. The third kappa shape index (κ3) is 7.13. The molecular formula is C28H33F3N4O7. The quantitative estimate of drug-likeness (QED) is 0.329. The lowest BCUT2D eigenvalue weighted by molar-refractivity contribution is -0.274. The minimum absolute atomic E-state index is 0.0274. The first-order valence-corrected chi connectivity index (χ1v) is 14.2. The molecule has 0 bridgehead atoms. The van der Waals surface area contributed by atoms with E-state index in [2.05, 4.69) is 20.7 Å². The third-order valence-corrected chi connectivity index (χ3v) is 8.35. The number of nitrogens with one attached hydrogen (secondary N) is 3. The van der Waals surface area contributed by atoms with Crippen LogP contribution in [0.15, 0.2) is 24.3 Å². The zero-order valence-corrected chi connectivity index (χ0v) is 22.8. The monoisotopic (exact) mass is 594 g/mol. The second-order valence-corrected chi connectivity index (χ2v) is 11.3. The normalized spacial score (nSPS) is 25.8. The molecule has 5 atom stereocenters. The predicted molar refractivity (Wildman–Crippen MR) is 139 cm³/mol. The fraction of sp³-hybridized carbons (Fsp3) is 0.607. The van der Waals surface area contributed by atoms with Gasteiger partial charge in [-0.15, -0.1) is 13.2 Å². The van der Waals surface area contributed by atoms with E-state index >= 15 is 0 Å². The highest BCUT2D eigenvalue weighted by Gasteiger charge is 2.50. The first kappa shape index (κ1) is 29.6. The Morgan fingerprint density at radius 2 is 1.74 bits per heavy atom. The van der Waals surface area contributed by atoms with Crippen molar-refractivity contribution in [3.05, 3.63) is 24.3 Å². The van der Waals surface area contributed by atoms with Crippen LogP contribution in [0, 0.1) is 17.8 Å². The molecule has 2 aliphatic heterocycles. The maximum Gasteiger partial charge on any atom is 0.573 e. The van der Waals surface area contributed by atoms with E-state index in [1.54, 1.807) is 0 Å². The lowest BCUT2D eigenvalue weighted by Crippen LogP contribution is -2.55. The van der Waals surface area contributed by atoms with Crippen LogP contribution >= 0.6 is 0 Å². The molecule has 0 unspecified atom stereocenters. The van der Waals surface area contributed by atoms with Crippen LogP contribution in [0.5, 0.6) is 11.5 Å². The molecule has 4 aliphatic rings. The second kappa shape index (κ2) is 12.2. The van der Waals surface area contributed by atoms with E-state index < -0.39 is 60.2 Å². The van der Waals surface area contributed by atoms with E-state index in [1.807, 2.05) is 0 Å². The summed E-state index contributed by atoms with van der Waals surface area (Å²) in [6.07, 6.45) is -0.418. The van der Waals surface area contributed by atoms with E-state index in [0.717, 1.165) is 37.8 Å². The Hall–Kier alpha value is -3.84. The summed E-state index contributed by atoms with van der Waals surface area (Å²) < 4.78 is 46.6.